The Balaban J connectivity index is 0.893. The summed E-state index contributed by atoms with van der Waals surface area (Å²) in [5, 5.41) is 89.1. The topological polar surface area (TPSA) is 177 Å². The van der Waals surface area contributed by atoms with Gasteiger partial charge in [-0.3, -0.25) is 0 Å². The number of esters is 1. The van der Waals surface area contributed by atoms with Gasteiger partial charge in [0.05, 0.1) is 29.8 Å². The van der Waals surface area contributed by atoms with Crippen molar-refractivity contribution in [1.82, 2.24) is 5.32 Å². The lowest BCUT2D eigenvalue weighted by Gasteiger charge is -2.75. The first-order chi connectivity index (χ1) is 41.7. The van der Waals surface area contributed by atoms with Gasteiger partial charge in [-0.1, -0.05) is 122 Å². The summed E-state index contributed by atoms with van der Waals surface area (Å²) >= 11 is 0. The van der Waals surface area contributed by atoms with Gasteiger partial charge in [0, 0.05) is 57.6 Å². The van der Waals surface area contributed by atoms with E-state index in [9.17, 15) is 25.2 Å². The molecule has 4 bridgehead atoms. The Morgan fingerprint density at radius 3 is 2.30 bits per heavy atom. The quantitative estimate of drug-likeness (QED) is 0.0522. The van der Waals surface area contributed by atoms with Crippen LogP contribution in [0.25, 0.3) is 0 Å². The predicted molar refractivity (Wildman–Crippen MR) is 327 cm³/mol. The smallest absolute Gasteiger partial charge is 0.331 e. The third-order valence-electron chi connectivity index (χ3n) is 28.7. The summed E-state index contributed by atoms with van der Waals surface area (Å²) in [4.78, 5) is 30.1. The minimum Gasteiger partial charge on any atom is -0.454 e. The number of aliphatic hydroxyl groups is 6. The maximum atomic E-state index is 15.8. The van der Waals surface area contributed by atoms with E-state index in [1.807, 2.05) is 19.2 Å². The van der Waals surface area contributed by atoms with E-state index in [1.165, 1.54) is 24.0 Å². The number of likely N-dealkylation sites (N-methyl/N-ethyl adjacent to an activating group) is 1. The molecule has 1 aliphatic heterocycles. The first kappa shape index (κ1) is 56.8. The maximum Gasteiger partial charge on any atom is 0.331 e. The highest BCUT2D eigenvalue weighted by atomic mass is 16.5. The molecule has 10 heteroatoms. The molecule has 17 rings (SSSR count). The normalized spacial score (nSPS) is 48.6. The highest BCUT2D eigenvalue weighted by molar-refractivity contribution is 5.86. The van der Waals surface area contributed by atoms with Crippen molar-refractivity contribution in [2.45, 2.75) is 201 Å². The van der Waals surface area contributed by atoms with Gasteiger partial charge in [-0.15, -0.1) is 0 Å². The zero-order valence-electron chi connectivity index (χ0n) is 50.6. The molecule has 0 unspecified atom stereocenters. The number of carbonyl (C=O) groups excluding carboxylic acids is 2. The summed E-state index contributed by atoms with van der Waals surface area (Å²) < 4.78 is 6.57. The fourth-order valence-electron chi connectivity index (χ4n) is 25.6. The van der Waals surface area contributed by atoms with Crippen LogP contribution in [0.4, 0.5) is 0 Å². The molecule has 0 radical (unpaired) electrons. The molecule has 13 aliphatic carbocycles. The summed E-state index contributed by atoms with van der Waals surface area (Å²) in [6.45, 7) is -0.142. The number of hydrogen-bond acceptors (Lipinski definition) is 10. The van der Waals surface area contributed by atoms with Gasteiger partial charge >= 0.3 is 5.97 Å². The molecular formula is C76H93NO9. The number of carbonyl (C=O) groups is 2. The van der Waals surface area contributed by atoms with Gasteiger partial charge in [0.1, 0.15) is 23.6 Å². The molecule has 10 fully saturated rings. The van der Waals surface area contributed by atoms with Crippen LogP contribution in [0.3, 0.4) is 0 Å². The number of benzene rings is 3. The molecule has 86 heavy (non-hydrogen) atoms. The Hall–Kier alpha value is -4.44. The SMILES string of the molecule is CN[C@H]1Cc2c(cccc2CO)C#C[C@]2(CC[C@@H](Cc3ccccc3)C2)C[C@]23CC[C@H]4[C@@](O)([C@@H](O)[C@H]5C[C@H]6[C@H](C=CC[C@@H]6C6CCCC6)C[C@H]6[C@@H](O)[C@]7(CC[C@H]8C[C@@H](c9ccccc9)CC[C@H]87)C[C@@]4(C=O)[C@]56O)[C@@]2(O)C[C@@H]2C[C@H]1[C@@H]1OC(=O)C=C1[C@@H]23. The van der Waals surface area contributed by atoms with Crippen molar-refractivity contribution < 1.29 is 45.0 Å². The molecular weight excluding hydrogens is 1070 g/mol. The molecule has 0 amide bonds. The van der Waals surface area contributed by atoms with Gasteiger partial charge in [0.25, 0.3) is 0 Å². The molecule has 10 nitrogen and oxygen atoms in total. The van der Waals surface area contributed by atoms with Crippen LogP contribution >= 0.6 is 0 Å². The molecule has 10 saturated carbocycles. The molecule has 3 spiro atoms. The van der Waals surface area contributed by atoms with Crippen LogP contribution in [-0.4, -0.2) is 91.1 Å². The van der Waals surface area contributed by atoms with E-state index in [2.05, 4.69) is 96.0 Å². The summed E-state index contributed by atoms with van der Waals surface area (Å²) in [5.74, 6) is 5.66. The zero-order valence-corrected chi connectivity index (χ0v) is 50.6. The summed E-state index contributed by atoms with van der Waals surface area (Å²) in [6.07, 6.45) is 21.1. The van der Waals surface area contributed by atoms with E-state index in [-0.39, 0.29) is 67.4 Å². The van der Waals surface area contributed by atoms with Crippen LogP contribution < -0.4 is 5.32 Å². The molecule has 0 saturated heterocycles. The fraction of sp³-hybridized carbons (Fsp3) is 0.658. The molecule has 456 valence electrons. The van der Waals surface area contributed by atoms with Crippen LogP contribution in [0.2, 0.25) is 0 Å². The molecule has 0 aromatic heterocycles. The van der Waals surface area contributed by atoms with Crippen LogP contribution in [0, 0.1) is 110 Å². The fourth-order valence-corrected chi connectivity index (χ4v) is 25.6. The van der Waals surface area contributed by atoms with E-state index in [4.69, 9.17) is 4.74 Å². The van der Waals surface area contributed by atoms with Crippen molar-refractivity contribution in [1.29, 1.82) is 0 Å². The lowest BCUT2D eigenvalue weighted by molar-refractivity contribution is -0.386. The van der Waals surface area contributed by atoms with Crippen molar-refractivity contribution in [3.63, 3.8) is 0 Å². The van der Waals surface area contributed by atoms with Crippen molar-refractivity contribution in [3.05, 3.63) is 130 Å². The van der Waals surface area contributed by atoms with Crippen molar-refractivity contribution >= 4 is 12.3 Å². The van der Waals surface area contributed by atoms with Crippen LogP contribution in [0.5, 0.6) is 0 Å². The number of aliphatic hydroxyl groups excluding tert-OH is 3. The minimum absolute atomic E-state index is 0.0112. The minimum atomic E-state index is -2.29. The van der Waals surface area contributed by atoms with E-state index in [0.29, 0.717) is 62.2 Å². The largest absolute Gasteiger partial charge is 0.454 e. The van der Waals surface area contributed by atoms with Crippen molar-refractivity contribution in [2.75, 3.05) is 7.05 Å². The second-order valence-electron chi connectivity index (χ2n) is 31.5. The first-order valence-electron chi connectivity index (χ1n) is 34.3. The molecule has 1 heterocycles. The average molecular weight is 1160 g/mol. The number of rotatable bonds is 7. The van der Waals surface area contributed by atoms with Gasteiger partial charge in [0.15, 0.2) is 0 Å². The molecule has 3 aromatic carbocycles. The van der Waals surface area contributed by atoms with E-state index in [1.54, 1.807) is 6.08 Å². The lowest BCUT2D eigenvalue weighted by atomic mass is 9.32. The second kappa shape index (κ2) is 20.5. The Bertz CT molecular complexity index is 3270. The van der Waals surface area contributed by atoms with Crippen molar-refractivity contribution in [2.24, 2.45) is 98.6 Å². The second-order valence-corrected chi connectivity index (χ2v) is 31.5. The van der Waals surface area contributed by atoms with Gasteiger partial charge in [-0.05, 0) is 222 Å². The standard InChI is InChI=1S/C76H93NO9/c1-77-63-37-56-49(18-10-20-53(56)41-78)25-29-70(28-24-46(39-70)32-45-12-4-2-5-13-45)42-72-31-27-64-73(44-79)43-71(30-26-52-33-50(22-23-60(52)71)47-14-6-3-7-15-47)68(81)61-35-51-19-11-21-55(48-16-8-9-17-48)57(51)36-62(75(61,73)84)69(82)76(64,85)74(72,83)40-54-34-58(63)67-59(66(54)72)38-65(80)86-67/h2-7,10-15,18-20,38,44,46,48,50-52,54-55,57-58,60-64,66-69,77-78,81-85H,8-9,16-17,21-24,26-28,30-37,39-43H2,1H3/t46-,50-,51+,52-,54-,55+,57-,58+,60+,61-,62+,63-,64+,66+,67-,68+,69-,70-,71+,72-,73-,74+,75+,76+/m0/s1. The Morgan fingerprint density at radius 2 is 1.52 bits per heavy atom. The predicted octanol–water partition coefficient (Wildman–Crippen LogP) is 10.5. The molecule has 7 N–H and O–H groups in total. The zero-order chi connectivity index (χ0) is 58.8. The number of fused-ring (bicyclic) bond motifs is 7. The molecule has 24 atom stereocenters. The van der Waals surface area contributed by atoms with Gasteiger partial charge in [0.2, 0.25) is 0 Å². The van der Waals surface area contributed by atoms with Gasteiger partial charge in [-0.2, -0.15) is 0 Å². The first-order valence-corrected chi connectivity index (χ1v) is 34.3. The van der Waals surface area contributed by atoms with Crippen molar-refractivity contribution in [3.8, 4) is 11.8 Å². The average Bonchev–Trinajstić information content (AvgIpc) is 1.45. The summed E-state index contributed by atoms with van der Waals surface area (Å²) in [7, 11) is 1.96. The maximum absolute atomic E-state index is 15.8. The van der Waals surface area contributed by atoms with Gasteiger partial charge < -0.3 is 45.5 Å². The summed E-state index contributed by atoms with van der Waals surface area (Å²) in [5.41, 5.74) is -4.24. The van der Waals surface area contributed by atoms with Crippen LogP contribution in [0.15, 0.2) is 103 Å². The lowest BCUT2D eigenvalue weighted by Crippen LogP contribution is -2.86. The Morgan fingerprint density at radius 1 is 0.733 bits per heavy atom. The third-order valence-corrected chi connectivity index (χ3v) is 28.7. The Kier molecular flexibility index (Phi) is 13.6. The molecule has 14 aliphatic rings. The third kappa shape index (κ3) is 7.76. The highest BCUT2D eigenvalue weighted by Gasteiger charge is 2.88. The monoisotopic (exact) mass is 1160 g/mol. The number of hydrogen-bond donors (Lipinski definition) is 7. The van der Waals surface area contributed by atoms with E-state index >= 15 is 15.0 Å². The van der Waals surface area contributed by atoms with E-state index in [0.717, 1.165) is 106 Å². The van der Waals surface area contributed by atoms with Crippen LogP contribution in [-0.2, 0) is 33.8 Å². The number of aldehydes is 1. The number of ether oxygens (including phenoxy) is 1. The molecule has 3 aromatic rings. The summed E-state index contributed by atoms with van der Waals surface area (Å²) in [6, 6.07) is 27.3. The Labute approximate surface area is 509 Å². The number of nitrogens with one attached hydrogen (secondary N) is 1. The number of allylic oxidation sites excluding steroid dienone is 2. The van der Waals surface area contributed by atoms with Crippen LogP contribution in [0.1, 0.15) is 169 Å². The van der Waals surface area contributed by atoms with Gasteiger partial charge in [-0.25, -0.2) is 4.79 Å². The van der Waals surface area contributed by atoms with E-state index < -0.39 is 86.4 Å². The highest BCUT2D eigenvalue weighted by Crippen LogP contribution is 2.81.